The van der Waals surface area contributed by atoms with Crippen molar-refractivity contribution >= 4 is 12.7 Å². The minimum absolute atomic E-state index is 0.101. The van der Waals surface area contributed by atoms with Gasteiger partial charge in [-0.3, -0.25) is 4.79 Å². The average Bonchev–Trinajstić information content (AvgIpc) is 3.05. The van der Waals surface area contributed by atoms with Crippen LogP contribution in [0.25, 0.3) is 11.1 Å². The molecule has 250 valence electrons. The SMILES string of the molecule is CC.CCCC.CCCCC(CCC(C)CC)OCC.Cc1ccc(-c2ccc(CC=O)c(C)c2)cc1F.N#CCNC=O. The lowest BCUT2D eigenvalue weighted by atomic mass is 9.98. The fourth-order valence-electron chi connectivity index (χ4n) is 3.71. The van der Waals surface area contributed by atoms with E-state index in [0.717, 1.165) is 41.1 Å². The molecule has 0 fully saturated rings. The lowest BCUT2D eigenvalue weighted by molar-refractivity contribution is -0.109. The maximum absolute atomic E-state index is 13.5. The van der Waals surface area contributed by atoms with E-state index in [-0.39, 0.29) is 12.4 Å². The highest BCUT2D eigenvalue weighted by molar-refractivity contribution is 5.66. The predicted octanol–water partition coefficient (Wildman–Crippen LogP) is 10.3. The maximum Gasteiger partial charge on any atom is 0.207 e. The number of hydrogen-bond acceptors (Lipinski definition) is 4. The van der Waals surface area contributed by atoms with Gasteiger partial charge in [0, 0.05) is 13.0 Å². The zero-order valence-electron chi connectivity index (χ0n) is 29.6. The first-order valence-electron chi connectivity index (χ1n) is 16.6. The average molecular weight is 615 g/mol. The Morgan fingerprint density at radius 2 is 1.50 bits per heavy atom. The standard InChI is InChI=1S/C16H15FO.C13H28O.C4H10.C3H4N2O.C2H6/c1-11-3-4-15(10-16(11)17)14-6-5-13(7-8-18)12(2)9-14;1-5-8-9-13(14-7-3)11-10-12(4)6-2;1-3-4-2;4-1-2-5-3-6;1-2/h3-6,8-10H,7H2,1-2H3;12-13H,5-11H2,1-4H3;3-4H2,1-2H3;3H,2H2,(H,5,6);1-2H3. The molecule has 0 aliphatic rings. The summed E-state index contributed by atoms with van der Waals surface area (Å²) in [4.78, 5) is 19.8. The van der Waals surface area contributed by atoms with Gasteiger partial charge in [-0.25, -0.2) is 4.39 Å². The molecule has 2 aromatic rings. The summed E-state index contributed by atoms with van der Waals surface area (Å²) in [5, 5.41) is 9.88. The van der Waals surface area contributed by atoms with E-state index in [1.807, 2.05) is 45.0 Å². The number of nitrogens with zero attached hydrogens (tertiary/aromatic N) is 1. The molecule has 0 heterocycles. The van der Waals surface area contributed by atoms with Crippen LogP contribution in [0.4, 0.5) is 4.39 Å². The number of aryl methyl sites for hydroxylation is 2. The lowest BCUT2D eigenvalue weighted by Crippen LogP contribution is -2.14. The van der Waals surface area contributed by atoms with Gasteiger partial charge in [0.05, 0.1) is 12.2 Å². The highest BCUT2D eigenvalue weighted by atomic mass is 19.1. The Morgan fingerprint density at radius 1 is 0.886 bits per heavy atom. The smallest absolute Gasteiger partial charge is 0.207 e. The van der Waals surface area contributed by atoms with Crippen LogP contribution in [0.1, 0.15) is 123 Å². The number of aldehydes is 1. The quantitative estimate of drug-likeness (QED) is 0.123. The number of nitrogens with one attached hydrogen (secondary N) is 1. The number of ether oxygens (including phenoxy) is 1. The number of nitriles is 1. The van der Waals surface area contributed by atoms with Crippen LogP contribution in [-0.2, 0) is 20.7 Å². The third-order valence-electron chi connectivity index (χ3n) is 6.88. The van der Waals surface area contributed by atoms with Crippen molar-refractivity contribution in [2.24, 2.45) is 5.92 Å². The van der Waals surface area contributed by atoms with Gasteiger partial charge in [0.1, 0.15) is 18.6 Å². The van der Waals surface area contributed by atoms with Crippen molar-refractivity contribution in [3.8, 4) is 17.2 Å². The second-order valence-corrected chi connectivity index (χ2v) is 10.4. The topological polar surface area (TPSA) is 79.2 Å². The van der Waals surface area contributed by atoms with Gasteiger partial charge in [-0.2, -0.15) is 5.26 Å². The molecule has 2 rings (SSSR count). The first-order chi connectivity index (χ1) is 21.2. The normalized spacial score (nSPS) is 10.8. The lowest BCUT2D eigenvalue weighted by Gasteiger charge is -2.18. The molecule has 44 heavy (non-hydrogen) atoms. The van der Waals surface area contributed by atoms with Gasteiger partial charge in [0.15, 0.2) is 0 Å². The Kier molecular flexibility index (Phi) is 33.9. The van der Waals surface area contributed by atoms with Crippen LogP contribution in [0.5, 0.6) is 0 Å². The summed E-state index contributed by atoms with van der Waals surface area (Å²) in [7, 11) is 0. The van der Waals surface area contributed by atoms with Crippen LogP contribution < -0.4 is 5.32 Å². The molecule has 1 N–H and O–H groups in total. The minimum Gasteiger partial charge on any atom is -0.379 e. The van der Waals surface area contributed by atoms with E-state index in [4.69, 9.17) is 10.00 Å². The summed E-state index contributed by atoms with van der Waals surface area (Å²) in [5.41, 5.74) is 4.55. The number of carbonyl (C=O) groups is 2. The number of rotatable bonds is 15. The molecule has 2 atom stereocenters. The van der Waals surface area contributed by atoms with Crippen LogP contribution in [0.15, 0.2) is 36.4 Å². The van der Waals surface area contributed by atoms with Gasteiger partial charge in [-0.15, -0.1) is 0 Å². The molecule has 0 aliphatic heterocycles. The van der Waals surface area contributed by atoms with Crippen molar-refractivity contribution in [2.45, 2.75) is 133 Å². The molecular weight excluding hydrogens is 551 g/mol. The van der Waals surface area contributed by atoms with E-state index < -0.39 is 0 Å². The van der Waals surface area contributed by atoms with Crippen LogP contribution >= 0.6 is 0 Å². The van der Waals surface area contributed by atoms with Crippen LogP contribution in [-0.4, -0.2) is 32.0 Å². The van der Waals surface area contributed by atoms with E-state index in [1.165, 1.54) is 51.4 Å². The van der Waals surface area contributed by atoms with Crippen molar-refractivity contribution in [2.75, 3.05) is 13.2 Å². The van der Waals surface area contributed by atoms with Gasteiger partial charge >= 0.3 is 0 Å². The summed E-state index contributed by atoms with van der Waals surface area (Å²) in [5.74, 6) is 0.668. The first kappa shape index (κ1) is 45.4. The Morgan fingerprint density at radius 3 is 1.93 bits per heavy atom. The second-order valence-electron chi connectivity index (χ2n) is 10.4. The molecule has 1 amide bonds. The van der Waals surface area contributed by atoms with Gasteiger partial charge in [-0.1, -0.05) is 111 Å². The van der Waals surface area contributed by atoms with Crippen molar-refractivity contribution in [3.05, 3.63) is 58.9 Å². The molecular formula is C38H63FN2O3. The Bertz CT molecular complexity index is 1000. The van der Waals surface area contributed by atoms with Gasteiger partial charge in [-0.05, 0) is 79.8 Å². The number of amides is 1. The molecule has 2 unspecified atom stereocenters. The fraction of sp³-hybridized carbons (Fsp3) is 0.605. The number of carbonyl (C=O) groups excluding carboxylic acids is 2. The van der Waals surface area contributed by atoms with Crippen molar-refractivity contribution < 1.29 is 18.7 Å². The third kappa shape index (κ3) is 24.4. The van der Waals surface area contributed by atoms with E-state index >= 15 is 0 Å². The highest BCUT2D eigenvalue weighted by Gasteiger charge is 2.09. The first-order valence-corrected chi connectivity index (χ1v) is 16.6. The molecule has 0 radical (unpaired) electrons. The summed E-state index contributed by atoms with van der Waals surface area (Å²) >= 11 is 0. The van der Waals surface area contributed by atoms with Crippen molar-refractivity contribution in [1.29, 1.82) is 5.26 Å². The molecule has 0 aromatic heterocycles. The fourth-order valence-corrected chi connectivity index (χ4v) is 3.71. The third-order valence-corrected chi connectivity index (χ3v) is 6.88. The zero-order chi connectivity index (χ0) is 34.2. The Labute approximate surface area is 270 Å². The predicted molar refractivity (Wildman–Crippen MR) is 186 cm³/mol. The number of unbranched alkanes of at least 4 members (excludes halogenated alkanes) is 2. The summed E-state index contributed by atoms with van der Waals surface area (Å²) in [6.45, 7) is 22.0. The minimum atomic E-state index is -0.192. The van der Waals surface area contributed by atoms with E-state index in [1.54, 1.807) is 25.1 Å². The van der Waals surface area contributed by atoms with Crippen LogP contribution in [0.2, 0.25) is 0 Å². The molecule has 0 spiro atoms. The number of benzene rings is 2. The van der Waals surface area contributed by atoms with Crippen molar-refractivity contribution in [1.82, 2.24) is 5.32 Å². The Hall–Kier alpha value is -3.04. The molecule has 0 saturated carbocycles. The molecule has 0 bridgehead atoms. The van der Waals surface area contributed by atoms with Crippen LogP contribution in [0.3, 0.4) is 0 Å². The largest absolute Gasteiger partial charge is 0.379 e. The molecule has 2 aromatic carbocycles. The monoisotopic (exact) mass is 614 g/mol. The zero-order valence-corrected chi connectivity index (χ0v) is 29.6. The highest BCUT2D eigenvalue weighted by Crippen LogP contribution is 2.24. The number of halogens is 1. The molecule has 0 saturated heterocycles. The van der Waals surface area contributed by atoms with E-state index in [2.05, 4.69) is 46.9 Å². The molecule has 0 aliphatic carbocycles. The number of hydrogen-bond donors (Lipinski definition) is 1. The molecule has 5 nitrogen and oxygen atoms in total. The van der Waals surface area contributed by atoms with E-state index in [0.29, 0.717) is 24.5 Å². The molecule has 6 heteroatoms. The van der Waals surface area contributed by atoms with E-state index in [9.17, 15) is 14.0 Å². The van der Waals surface area contributed by atoms with Crippen molar-refractivity contribution in [3.63, 3.8) is 0 Å². The van der Waals surface area contributed by atoms with Gasteiger partial charge in [0.25, 0.3) is 0 Å². The summed E-state index contributed by atoms with van der Waals surface area (Å²) < 4.78 is 19.3. The van der Waals surface area contributed by atoms with Gasteiger partial charge < -0.3 is 14.8 Å². The van der Waals surface area contributed by atoms with Crippen LogP contribution in [0, 0.1) is 36.9 Å². The Balaban J connectivity index is -0.000000572. The summed E-state index contributed by atoms with van der Waals surface area (Å²) in [6.07, 6.45) is 12.7. The van der Waals surface area contributed by atoms with Gasteiger partial charge in [0.2, 0.25) is 6.41 Å². The maximum atomic E-state index is 13.5. The summed E-state index contributed by atoms with van der Waals surface area (Å²) in [6, 6.07) is 12.8. The second kappa shape index (κ2) is 32.9.